The van der Waals surface area contributed by atoms with E-state index in [0.29, 0.717) is 18.2 Å². The predicted molar refractivity (Wildman–Crippen MR) is 109 cm³/mol. The molecule has 2 aromatic rings. The molecule has 1 aliphatic rings. The standard InChI is InChI=1S/C23H29F3N2O/c1-16(2)18-10-11-21(29-15-23(24,25)26)19(13-18)14-28-20-9-6-12-27-22(20)17-7-4-3-5-8-17/h3-5,7-8,10-11,13,16,20,22,27-28H,6,9,12,14-15H2,1-2H3/t20-,22-/m0/s1. The van der Waals surface area contributed by atoms with Gasteiger partial charge in [0.2, 0.25) is 0 Å². The second-order valence-electron chi connectivity index (χ2n) is 7.90. The lowest BCUT2D eigenvalue weighted by Gasteiger charge is -2.34. The van der Waals surface area contributed by atoms with Crippen molar-refractivity contribution < 1.29 is 17.9 Å². The van der Waals surface area contributed by atoms with Gasteiger partial charge in [-0.2, -0.15) is 13.2 Å². The summed E-state index contributed by atoms with van der Waals surface area (Å²) >= 11 is 0. The van der Waals surface area contributed by atoms with E-state index in [-0.39, 0.29) is 12.1 Å². The Hall–Kier alpha value is -2.05. The van der Waals surface area contributed by atoms with Crippen LogP contribution in [0.25, 0.3) is 0 Å². The maximum absolute atomic E-state index is 12.6. The maximum atomic E-state index is 12.6. The summed E-state index contributed by atoms with van der Waals surface area (Å²) in [4.78, 5) is 0. The molecule has 1 aliphatic heterocycles. The average molecular weight is 406 g/mol. The van der Waals surface area contributed by atoms with Crippen molar-refractivity contribution in [2.45, 2.75) is 57.4 Å². The Kier molecular flexibility index (Phi) is 7.19. The van der Waals surface area contributed by atoms with Crippen LogP contribution in [-0.4, -0.2) is 25.4 Å². The summed E-state index contributed by atoms with van der Waals surface area (Å²) in [5.74, 6) is 0.582. The molecule has 3 nitrogen and oxygen atoms in total. The zero-order valence-corrected chi connectivity index (χ0v) is 16.9. The highest BCUT2D eigenvalue weighted by Gasteiger charge is 2.29. The van der Waals surface area contributed by atoms with Crippen LogP contribution in [0.2, 0.25) is 0 Å². The van der Waals surface area contributed by atoms with Gasteiger partial charge in [-0.1, -0.05) is 56.3 Å². The number of alkyl halides is 3. The summed E-state index contributed by atoms with van der Waals surface area (Å²) in [5.41, 5.74) is 3.06. The van der Waals surface area contributed by atoms with E-state index in [4.69, 9.17) is 4.74 Å². The second-order valence-corrected chi connectivity index (χ2v) is 7.90. The summed E-state index contributed by atoms with van der Waals surface area (Å²) in [5, 5.41) is 7.13. The average Bonchev–Trinajstić information content (AvgIpc) is 2.71. The first-order chi connectivity index (χ1) is 13.8. The maximum Gasteiger partial charge on any atom is 0.422 e. The fraction of sp³-hybridized carbons (Fsp3) is 0.478. The summed E-state index contributed by atoms with van der Waals surface area (Å²) < 4.78 is 43.0. The van der Waals surface area contributed by atoms with Crippen LogP contribution in [-0.2, 0) is 6.54 Å². The molecule has 2 atom stereocenters. The van der Waals surface area contributed by atoms with E-state index in [1.54, 1.807) is 6.07 Å². The molecule has 2 N–H and O–H groups in total. The third kappa shape index (κ3) is 6.21. The minimum absolute atomic E-state index is 0.178. The number of benzene rings is 2. The highest BCUT2D eigenvalue weighted by Crippen LogP contribution is 2.28. The van der Waals surface area contributed by atoms with E-state index in [0.717, 1.165) is 30.5 Å². The van der Waals surface area contributed by atoms with E-state index < -0.39 is 12.8 Å². The van der Waals surface area contributed by atoms with Crippen LogP contribution in [0.4, 0.5) is 13.2 Å². The lowest BCUT2D eigenvalue weighted by Crippen LogP contribution is -2.45. The van der Waals surface area contributed by atoms with Crippen LogP contribution in [0.3, 0.4) is 0 Å². The normalized spacial score (nSPS) is 20.1. The molecule has 1 fully saturated rings. The van der Waals surface area contributed by atoms with Crippen molar-refractivity contribution in [3.63, 3.8) is 0 Å². The molecule has 158 valence electrons. The van der Waals surface area contributed by atoms with Crippen molar-refractivity contribution in [3.8, 4) is 5.75 Å². The number of hydrogen-bond acceptors (Lipinski definition) is 3. The van der Waals surface area contributed by atoms with E-state index in [1.165, 1.54) is 5.56 Å². The number of nitrogens with one attached hydrogen (secondary N) is 2. The molecule has 0 aromatic heterocycles. The van der Waals surface area contributed by atoms with Crippen LogP contribution in [0, 0.1) is 0 Å². The van der Waals surface area contributed by atoms with Gasteiger partial charge in [-0.05, 0) is 42.5 Å². The van der Waals surface area contributed by atoms with Gasteiger partial charge in [0.1, 0.15) is 5.75 Å². The first kappa shape index (κ1) is 21.7. The van der Waals surface area contributed by atoms with Crippen molar-refractivity contribution in [2.75, 3.05) is 13.2 Å². The largest absolute Gasteiger partial charge is 0.484 e. The van der Waals surface area contributed by atoms with Crippen LogP contribution >= 0.6 is 0 Å². The summed E-state index contributed by atoms with van der Waals surface area (Å²) in [6.07, 6.45) is -2.28. The van der Waals surface area contributed by atoms with Gasteiger partial charge in [0.05, 0.1) is 0 Å². The van der Waals surface area contributed by atoms with Crippen molar-refractivity contribution >= 4 is 0 Å². The van der Waals surface area contributed by atoms with Crippen LogP contribution in [0.1, 0.15) is 55.3 Å². The van der Waals surface area contributed by atoms with Gasteiger partial charge in [0.25, 0.3) is 0 Å². The third-order valence-corrected chi connectivity index (χ3v) is 5.31. The molecular weight excluding hydrogens is 377 g/mol. The molecule has 3 rings (SSSR count). The van der Waals surface area contributed by atoms with Crippen molar-refractivity contribution in [1.29, 1.82) is 0 Å². The van der Waals surface area contributed by atoms with Gasteiger partial charge in [-0.15, -0.1) is 0 Å². The summed E-state index contributed by atoms with van der Waals surface area (Å²) in [7, 11) is 0. The topological polar surface area (TPSA) is 33.3 Å². The van der Waals surface area contributed by atoms with Gasteiger partial charge < -0.3 is 15.4 Å². The molecule has 0 aliphatic carbocycles. The van der Waals surface area contributed by atoms with Gasteiger partial charge in [-0.3, -0.25) is 0 Å². The monoisotopic (exact) mass is 406 g/mol. The Bertz CT molecular complexity index is 777. The summed E-state index contributed by atoms with van der Waals surface area (Å²) in [6.45, 7) is 4.28. The predicted octanol–water partition coefficient (Wildman–Crippen LogP) is 5.33. The molecule has 0 spiro atoms. The Labute approximate surface area is 170 Å². The molecule has 1 heterocycles. The Balaban J connectivity index is 1.75. The Morgan fingerprint density at radius 2 is 1.90 bits per heavy atom. The number of rotatable bonds is 7. The molecule has 0 amide bonds. The van der Waals surface area contributed by atoms with Crippen molar-refractivity contribution in [1.82, 2.24) is 10.6 Å². The molecule has 2 aromatic carbocycles. The molecule has 1 saturated heterocycles. The van der Waals surface area contributed by atoms with E-state index in [1.807, 2.05) is 30.3 Å². The smallest absolute Gasteiger partial charge is 0.422 e. The highest BCUT2D eigenvalue weighted by molar-refractivity contribution is 5.38. The van der Waals surface area contributed by atoms with Crippen LogP contribution < -0.4 is 15.4 Å². The summed E-state index contributed by atoms with van der Waals surface area (Å²) in [6, 6.07) is 16.1. The van der Waals surface area contributed by atoms with Gasteiger partial charge in [0, 0.05) is 24.2 Å². The molecule has 0 radical (unpaired) electrons. The number of hydrogen-bond donors (Lipinski definition) is 2. The van der Waals surface area contributed by atoms with Gasteiger partial charge >= 0.3 is 6.18 Å². The van der Waals surface area contributed by atoms with E-state index in [2.05, 4.69) is 36.6 Å². The number of ether oxygens (including phenoxy) is 1. The van der Waals surface area contributed by atoms with Gasteiger partial charge in [0.15, 0.2) is 6.61 Å². The first-order valence-corrected chi connectivity index (χ1v) is 10.2. The SMILES string of the molecule is CC(C)c1ccc(OCC(F)(F)F)c(CN[C@H]2CCCN[C@H]2c2ccccc2)c1. The van der Waals surface area contributed by atoms with Crippen molar-refractivity contribution in [3.05, 3.63) is 65.2 Å². The van der Waals surface area contributed by atoms with Crippen LogP contribution in [0.5, 0.6) is 5.75 Å². The lowest BCUT2D eigenvalue weighted by molar-refractivity contribution is -0.153. The fourth-order valence-corrected chi connectivity index (χ4v) is 3.76. The third-order valence-electron chi connectivity index (χ3n) is 5.31. The molecular formula is C23H29F3N2O. The van der Waals surface area contributed by atoms with E-state index in [9.17, 15) is 13.2 Å². The lowest BCUT2D eigenvalue weighted by atomic mass is 9.92. The zero-order chi connectivity index (χ0) is 20.9. The van der Waals surface area contributed by atoms with Crippen molar-refractivity contribution in [2.24, 2.45) is 0 Å². The minimum Gasteiger partial charge on any atom is -0.484 e. The minimum atomic E-state index is -4.35. The van der Waals surface area contributed by atoms with E-state index >= 15 is 0 Å². The molecule has 0 unspecified atom stereocenters. The number of halogens is 3. The fourth-order valence-electron chi connectivity index (χ4n) is 3.76. The quantitative estimate of drug-likeness (QED) is 0.652. The molecule has 6 heteroatoms. The Morgan fingerprint density at radius 3 is 2.59 bits per heavy atom. The highest BCUT2D eigenvalue weighted by atomic mass is 19.4. The molecule has 29 heavy (non-hydrogen) atoms. The van der Waals surface area contributed by atoms with Gasteiger partial charge in [-0.25, -0.2) is 0 Å². The number of piperidine rings is 1. The second kappa shape index (κ2) is 9.63. The first-order valence-electron chi connectivity index (χ1n) is 10.2. The van der Waals surface area contributed by atoms with Crippen LogP contribution in [0.15, 0.2) is 48.5 Å². The Morgan fingerprint density at radius 1 is 1.14 bits per heavy atom. The zero-order valence-electron chi connectivity index (χ0n) is 16.9. The molecule has 0 saturated carbocycles. The molecule has 0 bridgehead atoms.